The van der Waals surface area contributed by atoms with Gasteiger partial charge in [0.15, 0.2) is 0 Å². The zero-order chi connectivity index (χ0) is 8.53. The maximum absolute atomic E-state index is 4.50. The minimum absolute atomic E-state index is 1.17. The van der Waals surface area contributed by atoms with Gasteiger partial charge in [0.1, 0.15) is 0 Å². The van der Waals surface area contributed by atoms with Crippen LogP contribution in [0.1, 0.15) is 5.56 Å². The second kappa shape index (κ2) is 7.32. The fraction of sp³-hybridized carbons (Fsp3) is 0.111. The van der Waals surface area contributed by atoms with Gasteiger partial charge in [0.25, 0.3) is 0 Å². The van der Waals surface area contributed by atoms with Gasteiger partial charge in [-0.25, -0.2) is 0 Å². The van der Waals surface area contributed by atoms with E-state index in [0.717, 1.165) is 0 Å². The Bertz CT molecular complexity index is 184. The molecule has 0 bridgehead atoms. The van der Waals surface area contributed by atoms with Crippen LogP contribution in [0.5, 0.6) is 0 Å². The first-order valence-electron chi connectivity index (χ1n) is 3.17. The fourth-order valence-corrected chi connectivity index (χ4v) is 0.589. The maximum atomic E-state index is 4.50. The van der Waals surface area contributed by atoms with E-state index in [1.54, 1.807) is 0 Å². The second-order valence-electron chi connectivity index (χ2n) is 1.77. The van der Waals surface area contributed by atoms with Gasteiger partial charge in [0.05, 0.1) is 19.0 Å². The van der Waals surface area contributed by atoms with Gasteiger partial charge in [0.2, 0.25) is 0 Å². The van der Waals surface area contributed by atoms with Crippen molar-refractivity contribution in [2.24, 2.45) is 0 Å². The lowest BCUT2D eigenvalue weighted by atomic mass is 10.2. The predicted molar refractivity (Wildman–Crippen MR) is 49.4 cm³/mol. The molecule has 0 fully saturated rings. The Morgan fingerprint density at radius 1 is 1.36 bits per heavy atom. The first kappa shape index (κ1) is 10.2. The molecule has 1 aromatic rings. The van der Waals surface area contributed by atoms with Crippen LogP contribution in [0, 0.1) is 0 Å². The van der Waals surface area contributed by atoms with Crippen molar-refractivity contribution < 1.29 is 4.29 Å². The molecule has 0 amide bonds. The van der Waals surface area contributed by atoms with Crippen molar-refractivity contribution >= 4 is 17.9 Å². The highest BCUT2D eigenvalue weighted by Crippen LogP contribution is 1.97. The third-order valence-electron chi connectivity index (χ3n) is 1.04. The molecule has 0 heterocycles. The van der Waals surface area contributed by atoms with Gasteiger partial charge >= 0.3 is 0 Å². The first-order valence-corrected chi connectivity index (χ1v) is 3.48. The lowest BCUT2D eigenvalue weighted by molar-refractivity contribution is 0.463. The van der Waals surface area contributed by atoms with Crippen LogP contribution in [0.3, 0.4) is 0 Å². The van der Waals surface area contributed by atoms with Crippen LogP contribution in [-0.2, 0) is 4.29 Å². The monoisotopic (exact) mass is 170 g/mol. The summed E-state index contributed by atoms with van der Waals surface area (Å²) in [6, 6.07) is 10.0. The fourth-order valence-electron chi connectivity index (χ4n) is 0.589. The summed E-state index contributed by atoms with van der Waals surface area (Å²) in [7, 11) is 1.39. The van der Waals surface area contributed by atoms with Gasteiger partial charge in [-0.2, -0.15) is 0 Å². The van der Waals surface area contributed by atoms with E-state index in [4.69, 9.17) is 0 Å². The molecular weight excluding hydrogens is 160 g/mol. The van der Waals surface area contributed by atoms with Crippen LogP contribution < -0.4 is 0 Å². The van der Waals surface area contributed by atoms with Gasteiger partial charge in [0, 0.05) is 0 Å². The Labute approximate surface area is 72.4 Å². The van der Waals surface area contributed by atoms with Crippen LogP contribution in [0.15, 0.2) is 36.9 Å². The van der Waals surface area contributed by atoms with Crippen LogP contribution in [-0.4, -0.2) is 7.11 Å². The Morgan fingerprint density at radius 2 is 1.82 bits per heavy atom. The highest BCUT2D eigenvalue weighted by atomic mass is 35.5. The minimum atomic E-state index is 1.17. The molecule has 0 aliphatic heterocycles. The number of benzene rings is 1. The molecule has 0 atom stereocenters. The van der Waals surface area contributed by atoms with E-state index in [-0.39, 0.29) is 0 Å². The molecule has 2 heteroatoms. The topological polar surface area (TPSA) is 9.23 Å². The van der Waals surface area contributed by atoms with Crippen molar-refractivity contribution in [2.75, 3.05) is 7.11 Å². The molecule has 0 aliphatic carbocycles. The average Bonchev–Trinajstić information content (AvgIpc) is 2.08. The van der Waals surface area contributed by atoms with E-state index < -0.39 is 0 Å². The molecule has 0 spiro atoms. The summed E-state index contributed by atoms with van der Waals surface area (Å²) in [5.74, 6) is 0. The highest BCUT2D eigenvalue weighted by Gasteiger charge is 1.75. The van der Waals surface area contributed by atoms with Crippen molar-refractivity contribution in [1.29, 1.82) is 0 Å². The molecule has 0 N–H and O–H groups in total. The van der Waals surface area contributed by atoms with Crippen molar-refractivity contribution in [3.63, 3.8) is 0 Å². The molecule has 1 nitrogen and oxygen atoms in total. The van der Waals surface area contributed by atoms with Crippen molar-refractivity contribution in [1.82, 2.24) is 0 Å². The Balaban J connectivity index is 0.000000292. The summed E-state index contributed by atoms with van der Waals surface area (Å²) < 4.78 is 3.72. The zero-order valence-corrected chi connectivity index (χ0v) is 7.21. The molecule has 0 radical (unpaired) electrons. The standard InChI is InChI=1S/C8H8.CH3ClO/c1-2-8-6-4-3-5-7-8;1-3-2/h2-7H,1H2;1H3. The van der Waals surface area contributed by atoms with Crippen LogP contribution >= 0.6 is 11.9 Å². The molecular formula is C9H11ClO. The predicted octanol–water partition coefficient (Wildman–Crippen LogP) is 3.12. The molecule has 11 heavy (non-hydrogen) atoms. The number of hydrogen-bond donors (Lipinski definition) is 0. The summed E-state index contributed by atoms with van der Waals surface area (Å²) in [5, 5.41) is 0. The van der Waals surface area contributed by atoms with Gasteiger partial charge in [-0.1, -0.05) is 43.0 Å². The van der Waals surface area contributed by atoms with Gasteiger partial charge in [-0.15, -0.1) is 0 Å². The van der Waals surface area contributed by atoms with E-state index >= 15 is 0 Å². The zero-order valence-electron chi connectivity index (χ0n) is 6.46. The third kappa shape index (κ3) is 5.64. The van der Waals surface area contributed by atoms with Crippen LogP contribution in [0.25, 0.3) is 6.08 Å². The van der Waals surface area contributed by atoms with Crippen molar-refractivity contribution in [3.8, 4) is 0 Å². The van der Waals surface area contributed by atoms with E-state index in [0.29, 0.717) is 0 Å². The van der Waals surface area contributed by atoms with E-state index in [1.807, 2.05) is 36.4 Å². The molecule has 60 valence electrons. The molecule has 0 saturated heterocycles. The third-order valence-corrected chi connectivity index (χ3v) is 1.04. The Kier molecular flexibility index (Phi) is 6.79. The van der Waals surface area contributed by atoms with Gasteiger partial charge in [-0.05, 0) is 5.56 Å². The van der Waals surface area contributed by atoms with E-state index in [9.17, 15) is 0 Å². The van der Waals surface area contributed by atoms with Gasteiger partial charge in [-0.3, -0.25) is 4.29 Å². The summed E-state index contributed by atoms with van der Waals surface area (Å²) in [6.07, 6.45) is 1.83. The normalized spacial score (nSPS) is 7.82. The Morgan fingerprint density at radius 3 is 2.09 bits per heavy atom. The highest BCUT2D eigenvalue weighted by molar-refractivity contribution is 6.07. The average molecular weight is 171 g/mol. The largest absolute Gasteiger partial charge is 0.283 e. The van der Waals surface area contributed by atoms with Gasteiger partial charge < -0.3 is 0 Å². The summed E-state index contributed by atoms with van der Waals surface area (Å²) in [6.45, 7) is 3.63. The van der Waals surface area contributed by atoms with Crippen LogP contribution in [0.2, 0.25) is 0 Å². The smallest absolute Gasteiger partial charge is 0.0606 e. The van der Waals surface area contributed by atoms with Crippen molar-refractivity contribution in [2.45, 2.75) is 0 Å². The van der Waals surface area contributed by atoms with Crippen LogP contribution in [0.4, 0.5) is 0 Å². The number of rotatable bonds is 1. The second-order valence-corrected chi connectivity index (χ2v) is 2.08. The minimum Gasteiger partial charge on any atom is -0.283 e. The lowest BCUT2D eigenvalue weighted by Gasteiger charge is -1.85. The summed E-state index contributed by atoms with van der Waals surface area (Å²) in [5.41, 5.74) is 1.17. The molecule has 0 aromatic heterocycles. The quantitative estimate of drug-likeness (QED) is 0.630. The Hall–Kier alpha value is -0.790. The molecule has 0 aliphatic rings. The van der Waals surface area contributed by atoms with E-state index in [2.05, 4.69) is 22.7 Å². The van der Waals surface area contributed by atoms with E-state index in [1.165, 1.54) is 12.7 Å². The lowest BCUT2D eigenvalue weighted by Crippen LogP contribution is -1.63. The summed E-state index contributed by atoms with van der Waals surface area (Å²) >= 11 is 4.50. The molecule has 0 saturated carbocycles. The molecule has 1 rings (SSSR count). The molecule has 1 aromatic carbocycles. The SMILES string of the molecule is C=Cc1ccccc1.COCl. The summed E-state index contributed by atoms with van der Waals surface area (Å²) in [4.78, 5) is 0. The number of halogens is 1. The molecule has 0 unspecified atom stereocenters. The number of hydrogen-bond acceptors (Lipinski definition) is 1. The van der Waals surface area contributed by atoms with Crippen molar-refractivity contribution in [3.05, 3.63) is 42.5 Å². The maximum Gasteiger partial charge on any atom is 0.0606 e. The first-order chi connectivity index (χ1) is 5.35.